The largest absolute Gasteiger partial charge is 0.389 e. The fraction of sp³-hybridized carbons (Fsp3) is 0.533. The molecule has 4 heteroatoms. The van der Waals surface area contributed by atoms with Crippen LogP contribution in [0.4, 0.5) is 0 Å². The standard InChI is InChI=1S/C15H23NO3/c1-5-16(11-15(2,3)18)14(17)13(19-4)12-9-7-6-8-10-12/h6-10,13,18H,5,11H2,1-4H3/t13-/m1/s1. The number of nitrogens with zero attached hydrogens (tertiary/aromatic N) is 1. The number of likely N-dealkylation sites (N-methyl/N-ethyl adjacent to an activating group) is 1. The number of ether oxygens (including phenoxy) is 1. The second-order valence-electron chi connectivity index (χ2n) is 5.19. The Labute approximate surface area is 115 Å². The molecule has 19 heavy (non-hydrogen) atoms. The predicted octanol–water partition coefficient (Wildman–Crippen LogP) is 1.99. The number of benzene rings is 1. The molecule has 0 aromatic heterocycles. The molecule has 0 heterocycles. The minimum Gasteiger partial charge on any atom is -0.389 e. The molecule has 1 rings (SSSR count). The van der Waals surface area contributed by atoms with Crippen LogP contribution in [0.1, 0.15) is 32.4 Å². The highest BCUT2D eigenvalue weighted by Crippen LogP contribution is 2.20. The second kappa shape index (κ2) is 6.68. The van der Waals surface area contributed by atoms with Gasteiger partial charge in [-0.15, -0.1) is 0 Å². The molecule has 0 aliphatic rings. The van der Waals surface area contributed by atoms with Gasteiger partial charge in [0.1, 0.15) is 0 Å². The quantitative estimate of drug-likeness (QED) is 0.856. The van der Waals surface area contributed by atoms with Crippen molar-refractivity contribution in [2.75, 3.05) is 20.2 Å². The molecule has 0 unspecified atom stereocenters. The highest BCUT2D eigenvalue weighted by atomic mass is 16.5. The monoisotopic (exact) mass is 265 g/mol. The van der Waals surface area contributed by atoms with Crippen molar-refractivity contribution >= 4 is 5.91 Å². The van der Waals surface area contributed by atoms with Gasteiger partial charge in [-0.1, -0.05) is 30.3 Å². The van der Waals surface area contributed by atoms with Gasteiger partial charge in [0.05, 0.1) is 5.60 Å². The van der Waals surface area contributed by atoms with Gasteiger partial charge in [0.2, 0.25) is 0 Å². The van der Waals surface area contributed by atoms with E-state index in [4.69, 9.17) is 4.74 Å². The Morgan fingerprint density at radius 1 is 1.37 bits per heavy atom. The second-order valence-corrected chi connectivity index (χ2v) is 5.19. The molecule has 1 N–H and O–H groups in total. The lowest BCUT2D eigenvalue weighted by Crippen LogP contribution is -2.44. The molecule has 0 bridgehead atoms. The fourth-order valence-electron chi connectivity index (χ4n) is 1.99. The number of amides is 1. The summed E-state index contributed by atoms with van der Waals surface area (Å²) in [5.74, 6) is -0.127. The van der Waals surface area contributed by atoms with Crippen LogP contribution in [-0.4, -0.2) is 41.7 Å². The maximum absolute atomic E-state index is 12.5. The first-order chi connectivity index (χ1) is 8.89. The van der Waals surface area contributed by atoms with Crippen LogP contribution in [0.15, 0.2) is 30.3 Å². The van der Waals surface area contributed by atoms with Crippen molar-refractivity contribution in [3.05, 3.63) is 35.9 Å². The number of carbonyl (C=O) groups excluding carboxylic acids is 1. The Morgan fingerprint density at radius 2 is 1.95 bits per heavy atom. The maximum atomic E-state index is 12.5. The van der Waals surface area contributed by atoms with Gasteiger partial charge < -0.3 is 14.7 Å². The first kappa shape index (κ1) is 15.7. The third-order valence-electron chi connectivity index (χ3n) is 2.83. The fourth-order valence-corrected chi connectivity index (χ4v) is 1.99. The number of rotatable bonds is 6. The lowest BCUT2D eigenvalue weighted by atomic mass is 10.1. The molecule has 0 radical (unpaired) electrons. The highest BCUT2D eigenvalue weighted by Gasteiger charge is 2.28. The van der Waals surface area contributed by atoms with Gasteiger partial charge in [0.25, 0.3) is 5.91 Å². The van der Waals surface area contributed by atoms with Crippen molar-refractivity contribution in [2.24, 2.45) is 0 Å². The summed E-state index contributed by atoms with van der Waals surface area (Å²) >= 11 is 0. The molecule has 0 fully saturated rings. The summed E-state index contributed by atoms with van der Waals surface area (Å²) in [6.07, 6.45) is -0.622. The Balaban J connectivity index is 2.88. The van der Waals surface area contributed by atoms with Crippen molar-refractivity contribution in [2.45, 2.75) is 32.5 Å². The zero-order chi connectivity index (χ0) is 14.5. The first-order valence-corrected chi connectivity index (χ1v) is 6.48. The van der Waals surface area contributed by atoms with Gasteiger partial charge in [0.15, 0.2) is 6.10 Å². The van der Waals surface area contributed by atoms with Gasteiger partial charge in [0, 0.05) is 20.2 Å². The van der Waals surface area contributed by atoms with Gasteiger partial charge in [-0.2, -0.15) is 0 Å². The van der Waals surface area contributed by atoms with Crippen molar-refractivity contribution < 1.29 is 14.6 Å². The average Bonchev–Trinajstić information content (AvgIpc) is 2.37. The molecule has 0 saturated carbocycles. The number of hydrogen-bond acceptors (Lipinski definition) is 3. The van der Waals surface area contributed by atoms with E-state index in [9.17, 15) is 9.90 Å². The normalized spacial score (nSPS) is 13.1. The molecule has 1 aromatic rings. The number of carbonyl (C=O) groups is 1. The molecule has 0 aliphatic heterocycles. The van der Waals surface area contributed by atoms with Crippen LogP contribution in [0.2, 0.25) is 0 Å². The van der Waals surface area contributed by atoms with Crippen molar-refractivity contribution in [1.29, 1.82) is 0 Å². The van der Waals surface area contributed by atoms with Gasteiger partial charge >= 0.3 is 0 Å². The van der Waals surface area contributed by atoms with E-state index in [1.165, 1.54) is 7.11 Å². The van der Waals surface area contributed by atoms with Crippen molar-refractivity contribution in [1.82, 2.24) is 4.90 Å². The molecule has 1 amide bonds. The predicted molar refractivity (Wildman–Crippen MR) is 74.7 cm³/mol. The number of aliphatic hydroxyl groups is 1. The van der Waals surface area contributed by atoms with E-state index >= 15 is 0 Å². The molecule has 0 saturated heterocycles. The topological polar surface area (TPSA) is 49.8 Å². The lowest BCUT2D eigenvalue weighted by molar-refractivity contribution is -0.145. The van der Waals surface area contributed by atoms with Crippen molar-refractivity contribution in [3.8, 4) is 0 Å². The molecule has 1 atom stereocenters. The summed E-state index contributed by atoms with van der Waals surface area (Å²) in [6.45, 7) is 6.09. The minimum absolute atomic E-state index is 0.127. The molecule has 4 nitrogen and oxygen atoms in total. The first-order valence-electron chi connectivity index (χ1n) is 6.48. The van der Waals surface area contributed by atoms with Gasteiger partial charge in [-0.3, -0.25) is 4.79 Å². The minimum atomic E-state index is -0.916. The number of hydrogen-bond donors (Lipinski definition) is 1. The smallest absolute Gasteiger partial charge is 0.256 e. The maximum Gasteiger partial charge on any atom is 0.256 e. The van der Waals surface area contributed by atoms with E-state index in [0.29, 0.717) is 6.54 Å². The highest BCUT2D eigenvalue weighted by molar-refractivity contribution is 5.82. The van der Waals surface area contributed by atoms with E-state index in [-0.39, 0.29) is 12.5 Å². The van der Waals surface area contributed by atoms with E-state index in [1.54, 1.807) is 18.7 Å². The molecule has 106 valence electrons. The van der Waals surface area contributed by atoms with Crippen LogP contribution in [0.3, 0.4) is 0 Å². The molecule has 1 aromatic carbocycles. The van der Waals surface area contributed by atoms with Crippen LogP contribution in [0, 0.1) is 0 Å². The Kier molecular flexibility index (Phi) is 5.51. The molecular weight excluding hydrogens is 242 g/mol. The summed E-state index contributed by atoms with van der Waals surface area (Å²) in [6, 6.07) is 9.38. The molecular formula is C15H23NO3. The summed E-state index contributed by atoms with van der Waals surface area (Å²) in [5, 5.41) is 9.86. The number of methoxy groups -OCH3 is 1. The van der Waals surface area contributed by atoms with E-state index < -0.39 is 11.7 Å². The van der Waals surface area contributed by atoms with Crippen LogP contribution < -0.4 is 0 Å². The SMILES string of the molecule is CCN(CC(C)(C)O)C(=O)[C@H](OC)c1ccccc1. The van der Waals surface area contributed by atoms with Gasteiger partial charge in [-0.05, 0) is 26.3 Å². The van der Waals surface area contributed by atoms with E-state index in [0.717, 1.165) is 5.56 Å². The Morgan fingerprint density at radius 3 is 2.37 bits per heavy atom. The summed E-state index contributed by atoms with van der Waals surface area (Å²) in [5.41, 5.74) is -0.0927. The third kappa shape index (κ3) is 4.65. The van der Waals surface area contributed by atoms with Gasteiger partial charge in [-0.25, -0.2) is 0 Å². The van der Waals surface area contributed by atoms with E-state index in [1.807, 2.05) is 37.3 Å². The zero-order valence-electron chi connectivity index (χ0n) is 12.1. The third-order valence-corrected chi connectivity index (χ3v) is 2.83. The molecule has 0 spiro atoms. The van der Waals surface area contributed by atoms with Crippen LogP contribution in [0.25, 0.3) is 0 Å². The zero-order valence-corrected chi connectivity index (χ0v) is 12.1. The average molecular weight is 265 g/mol. The molecule has 0 aliphatic carbocycles. The summed E-state index contributed by atoms with van der Waals surface area (Å²) in [4.78, 5) is 14.1. The van der Waals surface area contributed by atoms with Crippen LogP contribution in [0.5, 0.6) is 0 Å². The van der Waals surface area contributed by atoms with Crippen molar-refractivity contribution in [3.63, 3.8) is 0 Å². The van der Waals surface area contributed by atoms with E-state index in [2.05, 4.69) is 0 Å². The summed E-state index contributed by atoms with van der Waals surface area (Å²) in [7, 11) is 1.52. The van der Waals surface area contributed by atoms with Crippen LogP contribution >= 0.6 is 0 Å². The Hall–Kier alpha value is -1.39. The summed E-state index contributed by atoms with van der Waals surface area (Å²) < 4.78 is 5.32. The van der Waals surface area contributed by atoms with Crippen LogP contribution in [-0.2, 0) is 9.53 Å². The lowest BCUT2D eigenvalue weighted by Gasteiger charge is -2.30. The Bertz CT molecular complexity index is 398.